The number of hydrogen-bond acceptors (Lipinski definition) is 4. The number of aryl methyl sites for hydroxylation is 1. The van der Waals surface area contributed by atoms with E-state index in [1.165, 1.54) is 276 Å². The molecule has 556 valence electrons. The lowest BCUT2D eigenvalue weighted by Gasteiger charge is -2.24. The summed E-state index contributed by atoms with van der Waals surface area (Å²) in [6, 6.07) is 5.83. The lowest BCUT2D eigenvalue weighted by atomic mass is 9.84. The molecule has 8 saturated carbocycles. The summed E-state index contributed by atoms with van der Waals surface area (Å²) in [5.41, 5.74) is 2.39. The van der Waals surface area contributed by atoms with Gasteiger partial charge in [-0.2, -0.15) is 0 Å². The van der Waals surface area contributed by atoms with Crippen molar-refractivity contribution in [2.75, 3.05) is 14.2 Å². The zero-order valence-corrected chi connectivity index (χ0v) is 67.9. The Morgan fingerprint density at radius 2 is 0.753 bits per heavy atom. The first-order chi connectivity index (χ1) is 44.0. The van der Waals surface area contributed by atoms with Crippen LogP contribution in [0.2, 0.25) is 0 Å². The smallest absolute Gasteiger partial charge is 0.145 e. The number of aromatic nitrogens is 2. The summed E-state index contributed by atoms with van der Waals surface area (Å²) in [6.07, 6.45) is 64.2. The number of unbranched alkanes of at least 4 members (excludes halogenated alkanes) is 2. The summed E-state index contributed by atoms with van der Waals surface area (Å²) in [7, 11) is 3.47. The van der Waals surface area contributed by atoms with E-state index in [2.05, 4.69) is 155 Å². The molecule has 4 heteroatoms. The van der Waals surface area contributed by atoms with Gasteiger partial charge in [-0.3, -0.25) is 0 Å². The Kier molecular flexibility index (Phi) is 70.9. The number of rotatable bonds is 12. The first-order valence-corrected chi connectivity index (χ1v) is 41.3. The van der Waals surface area contributed by atoms with Crippen LogP contribution in [0.15, 0.2) is 24.5 Å². The van der Waals surface area contributed by atoms with Crippen molar-refractivity contribution in [1.29, 1.82) is 0 Å². The SMILES string of the molecule is C.CC1CCC(C)CC1.CC1CCC1.CCC(C)(C)C.CCC(C)C.CCC(C)CC.CCC1CC1.CCC1CCC1.CCC1CCCC1.CCC1CCCCC1.CCC1CCCCCC1.CCCCC.COC1CCC(C)CC1.COc1cccc2c(C)ncnc12. The molecular weight excluding hydrogens is 1130 g/mol. The van der Waals surface area contributed by atoms with Crippen LogP contribution in [0.1, 0.15) is 435 Å². The zero-order valence-electron chi connectivity index (χ0n) is 67.9. The minimum Gasteiger partial charge on any atom is -0.494 e. The third-order valence-corrected chi connectivity index (χ3v) is 22.0. The summed E-state index contributed by atoms with van der Waals surface area (Å²) in [5, 5.41) is 1.04. The van der Waals surface area contributed by atoms with Crippen molar-refractivity contribution in [3.63, 3.8) is 0 Å². The van der Waals surface area contributed by atoms with Crippen LogP contribution >= 0.6 is 0 Å². The molecule has 93 heavy (non-hydrogen) atoms. The van der Waals surface area contributed by atoms with Crippen molar-refractivity contribution in [1.82, 2.24) is 9.97 Å². The van der Waals surface area contributed by atoms with Crippen molar-refractivity contribution >= 4 is 10.9 Å². The monoisotopic (exact) mass is 1310 g/mol. The van der Waals surface area contributed by atoms with Gasteiger partial charge in [0.05, 0.1) is 13.2 Å². The van der Waals surface area contributed by atoms with E-state index in [4.69, 9.17) is 9.47 Å². The van der Waals surface area contributed by atoms with E-state index in [1.54, 1.807) is 13.4 Å². The van der Waals surface area contributed by atoms with Crippen molar-refractivity contribution < 1.29 is 9.47 Å². The van der Waals surface area contributed by atoms with E-state index in [-0.39, 0.29) is 7.43 Å². The molecule has 0 bridgehead atoms. The third kappa shape index (κ3) is 62.3. The Hall–Kier alpha value is -1.68. The predicted molar refractivity (Wildman–Crippen MR) is 427 cm³/mol. The maximum atomic E-state index is 5.24. The first-order valence-electron chi connectivity index (χ1n) is 41.3. The van der Waals surface area contributed by atoms with E-state index >= 15 is 0 Å². The molecule has 8 fully saturated rings. The Morgan fingerprint density at radius 1 is 0.430 bits per heavy atom. The number of fused-ring (bicyclic) bond motifs is 1. The minimum absolute atomic E-state index is 0. The lowest BCUT2D eigenvalue weighted by Crippen LogP contribution is -2.18. The van der Waals surface area contributed by atoms with E-state index in [1.807, 2.05) is 32.2 Å². The highest BCUT2D eigenvalue weighted by Crippen LogP contribution is 2.33. The molecule has 0 aliphatic heterocycles. The first kappa shape index (κ1) is 97.7. The standard InChI is InChI=1S/C10H10N2O.C9H18.C8H16O.2C8H16.C7H14.C6H12.2C6H14.2C5H10.2C5H12.CH4/c1-7-8-4-3-5-9(13-2)10(8)12-6-11-7;1-2-9-7-5-3-4-6-8-9;1-7-3-5-8(9-2)6-4-7;1-7-3-5-8(2)6-4-7;1-2-8-6-4-3-5-7-8;1-2-7-5-3-4-6-7;1-2-6-4-3-5-6;1-5-6(2,3)4;1-4-6(3)5-2;1-5-3-2-4-5;1-2-5-3-4-5;1-4-5(2)3;1-3-5-4-2;/h3-6H,1-2H3;9H,2-8H2,1H3;7-8H,3-6H2,1-2H3;7-8H,3-6H2,1-2H3;8H,2-7H2,1H3;7H,2-6H2,1H3;6H,2-5H2,1H3;5H2,1-4H3;6H,4-5H2,1-3H3;2*5H,2-4H2,1H3;5H,4H2,1-3H3;3-5H2,1-2H3;1H4. The van der Waals surface area contributed by atoms with E-state index in [9.17, 15) is 0 Å². The van der Waals surface area contributed by atoms with Crippen LogP contribution in [-0.2, 0) is 4.74 Å². The molecule has 0 saturated heterocycles. The van der Waals surface area contributed by atoms with Crippen molar-refractivity contribution in [3.8, 4) is 5.75 Å². The molecule has 8 aliphatic rings. The van der Waals surface area contributed by atoms with E-state index in [0.29, 0.717) is 11.5 Å². The van der Waals surface area contributed by atoms with Crippen LogP contribution in [0.4, 0.5) is 0 Å². The minimum atomic E-state index is 0. The fraction of sp³-hybridized carbons (Fsp3) is 0.910. The molecule has 2 aromatic rings. The van der Waals surface area contributed by atoms with Gasteiger partial charge in [0.2, 0.25) is 0 Å². The van der Waals surface area contributed by atoms with Crippen LogP contribution in [0.3, 0.4) is 0 Å². The van der Waals surface area contributed by atoms with Gasteiger partial charge in [0.15, 0.2) is 0 Å². The van der Waals surface area contributed by atoms with Crippen LogP contribution in [-0.4, -0.2) is 30.3 Å². The predicted octanol–water partition coefficient (Wildman–Crippen LogP) is 31.5. The highest BCUT2D eigenvalue weighted by atomic mass is 16.5. The summed E-state index contributed by atoms with van der Waals surface area (Å²) < 4.78 is 10.4. The quantitative estimate of drug-likeness (QED) is 0.199. The molecule has 8 aliphatic carbocycles. The topological polar surface area (TPSA) is 44.2 Å². The number of methoxy groups -OCH3 is 2. The van der Waals surface area contributed by atoms with Gasteiger partial charge in [-0.1, -0.05) is 415 Å². The Bertz CT molecular complexity index is 1710. The van der Waals surface area contributed by atoms with Crippen molar-refractivity contribution in [3.05, 3.63) is 30.2 Å². The summed E-state index contributed by atoms with van der Waals surface area (Å²) in [5.74, 6) is 12.2. The van der Waals surface area contributed by atoms with Gasteiger partial charge >= 0.3 is 0 Å². The molecule has 1 aromatic carbocycles. The summed E-state index contributed by atoms with van der Waals surface area (Å²) in [6.45, 7) is 49.6. The lowest BCUT2D eigenvalue weighted by molar-refractivity contribution is 0.0593. The molecular formula is C89H178N2O2. The normalized spacial score (nSPS) is 21.1. The largest absolute Gasteiger partial charge is 0.494 e. The molecule has 0 atom stereocenters. The van der Waals surface area contributed by atoms with Gasteiger partial charge in [0.25, 0.3) is 0 Å². The number of hydrogen-bond donors (Lipinski definition) is 0. The number of benzene rings is 1. The average molecular weight is 1310 g/mol. The van der Waals surface area contributed by atoms with Gasteiger partial charge in [-0.05, 0) is 109 Å². The maximum absolute atomic E-state index is 5.24. The molecule has 4 nitrogen and oxygen atoms in total. The van der Waals surface area contributed by atoms with E-state index < -0.39 is 0 Å². The van der Waals surface area contributed by atoms with Crippen LogP contribution in [0, 0.1) is 77.4 Å². The number of para-hydroxylation sites is 1. The maximum Gasteiger partial charge on any atom is 0.145 e. The van der Waals surface area contributed by atoms with Crippen molar-refractivity contribution in [2.24, 2.45) is 70.5 Å². The highest BCUT2D eigenvalue weighted by Gasteiger charge is 2.19. The van der Waals surface area contributed by atoms with Gasteiger partial charge in [-0.25, -0.2) is 9.97 Å². The molecule has 10 rings (SSSR count). The molecule has 0 unspecified atom stereocenters. The molecule has 1 heterocycles. The second-order valence-electron chi connectivity index (χ2n) is 32.1. The molecule has 0 spiro atoms. The van der Waals surface area contributed by atoms with Gasteiger partial charge in [0.1, 0.15) is 17.6 Å². The molecule has 0 N–H and O–H groups in total. The van der Waals surface area contributed by atoms with E-state index in [0.717, 1.165) is 87.4 Å². The number of ether oxygens (including phenoxy) is 2. The second-order valence-corrected chi connectivity index (χ2v) is 32.1. The van der Waals surface area contributed by atoms with Crippen molar-refractivity contribution in [2.45, 2.75) is 442 Å². The van der Waals surface area contributed by atoms with Gasteiger partial charge in [-0.15, -0.1) is 0 Å². The van der Waals surface area contributed by atoms with Crippen LogP contribution in [0.25, 0.3) is 10.9 Å². The Balaban J connectivity index is -0.000000466. The molecule has 0 amide bonds. The molecule has 1 aromatic heterocycles. The number of nitrogens with zero attached hydrogens (tertiary/aromatic N) is 2. The Labute approximate surface area is 589 Å². The van der Waals surface area contributed by atoms with Crippen LogP contribution in [0.5, 0.6) is 5.75 Å². The summed E-state index contributed by atoms with van der Waals surface area (Å²) >= 11 is 0. The van der Waals surface area contributed by atoms with Crippen LogP contribution < -0.4 is 4.74 Å². The highest BCUT2D eigenvalue weighted by molar-refractivity contribution is 5.85. The fourth-order valence-electron chi connectivity index (χ4n) is 11.7. The fourth-order valence-corrected chi connectivity index (χ4v) is 11.7. The summed E-state index contributed by atoms with van der Waals surface area (Å²) in [4.78, 5) is 8.29. The van der Waals surface area contributed by atoms with Gasteiger partial charge < -0.3 is 9.47 Å². The molecule has 0 radical (unpaired) electrons. The Morgan fingerprint density at radius 3 is 0.978 bits per heavy atom. The van der Waals surface area contributed by atoms with Gasteiger partial charge in [0, 0.05) is 18.2 Å². The average Bonchev–Trinajstić information content (AvgIpc) is 1.34. The zero-order chi connectivity index (χ0) is 69.8. The third-order valence-electron chi connectivity index (χ3n) is 22.0. The second kappa shape index (κ2) is 67.5.